The van der Waals surface area contributed by atoms with Crippen molar-refractivity contribution < 1.29 is 13.7 Å². The number of halogens is 2. The fourth-order valence-corrected chi connectivity index (χ4v) is 2.90. The summed E-state index contributed by atoms with van der Waals surface area (Å²) < 4.78 is 23.5. The van der Waals surface area contributed by atoms with Crippen LogP contribution >= 0.6 is 23.4 Å². The average Bonchev–Trinajstić information content (AvgIpc) is 3.05. The molecule has 0 aliphatic carbocycles. The summed E-state index contributed by atoms with van der Waals surface area (Å²) in [6.07, 6.45) is 0. The molecule has 2 aromatic carbocycles. The van der Waals surface area contributed by atoms with Crippen LogP contribution in [0.4, 0.5) is 4.39 Å². The second kappa shape index (κ2) is 7.02. The van der Waals surface area contributed by atoms with Gasteiger partial charge in [-0.1, -0.05) is 16.8 Å². The molecule has 0 saturated heterocycles. The molecule has 3 rings (SSSR count). The van der Waals surface area contributed by atoms with Gasteiger partial charge in [0, 0.05) is 10.5 Å². The van der Waals surface area contributed by atoms with Gasteiger partial charge in [-0.3, -0.25) is 0 Å². The number of ether oxygens (including phenoxy) is 1. The maximum atomic E-state index is 13.1. The third kappa shape index (κ3) is 3.83. The molecule has 7 heteroatoms. The molecular formula is C16H12ClFN2O2S. The topological polar surface area (TPSA) is 48.2 Å². The molecular weight excluding hydrogens is 339 g/mol. The summed E-state index contributed by atoms with van der Waals surface area (Å²) >= 11 is 7.20. The highest BCUT2D eigenvalue weighted by atomic mass is 35.5. The second-order valence-electron chi connectivity index (χ2n) is 4.60. The third-order valence-corrected chi connectivity index (χ3v) is 4.34. The molecule has 1 aromatic heterocycles. The van der Waals surface area contributed by atoms with Crippen LogP contribution in [0.2, 0.25) is 5.02 Å². The zero-order valence-corrected chi connectivity index (χ0v) is 13.7. The van der Waals surface area contributed by atoms with Gasteiger partial charge < -0.3 is 9.26 Å². The summed E-state index contributed by atoms with van der Waals surface area (Å²) in [6.45, 7) is 0. The number of aromatic nitrogens is 2. The molecule has 0 saturated carbocycles. The summed E-state index contributed by atoms with van der Waals surface area (Å²) in [6, 6.07) is 12.0. The van der Waals surface area contributed by atoms with Gasteiger partial charge in [0.25, 0.3) is 0 Å². The number of hydrogen-bond acceptors (Lipinski definition) is 5. The van der Waals surface area contributed by atoms with E-state index in [0.717, 1.165) is 16.2 Å². The van der Waals surface area contributed by atoms with Gasteiger partial charge in [0.05, 0.1) is 17.9 Å². The van der Waals surface area contributed by atoms with Crippen LogP contribution in [0.15, 0.2) is 51.9 Å². The highest BCUT2D eigenvalue weighted by molar-refractivity contribution is 7.98. The number of hydrogen-bond donors (Lipinski definition) is 0. The number of thioether (sulfide) groups is 1. The Kier molecular flexibility index (Phi) is 4.83. The van der Waals surface area contributed by atoms with Crippen LogP contribution < -0.4 is 4.74 Å². The van der Waals surface area contributed by atoms with Crippen molar-refractivity contribution >= 4 is 23.4 Å². The Labute approximate surface area is 141 Å². The van der Waals surface area contributed by atoms with Gasteiger partial charge in [0.15, 0.2) is 0 Å². The van der Waals surface area contributed by atoms with E-state index < -0.39 is 5.82 Å². The van der Waals surface area contributed by atoms with Crippen LogP contribution in [0.5, 0.6) is 5.75 Å². The number of methoxy groups -OCH3 is 1. The summed E-state index contributed by atoms with van der Waals surface area (Å²) in [5.41, 5.74) is 0.843. The van der Waals surface area contributed by atoms with Crippen molar-refractivity contribution in [1.29, 1.82) is 0 Å². The molecule has 0 fully saturated rings. The summed E-state index contributed by atoms with van der Waals surface area (Å²) in [5, 5.41) is 4.06. The van der Waals surface area contributed by atoms with E-state index in [1.165, 1.54) is 17.8 Å². The molecule has 23 heavy (non-hydrogen) atoms. The van der Waals surface area contributed by atoms with Crippen LogP contribution in [0.1, 0.15) is 5.89 Å². The minimum Gasteiger partial charge on any atom is -0.497 e. The number of benzene rings is 2. The first kappa shape index (κ1) is 15.8. The first-order valence-corrected chi connectivity index (χ1v) is 8.07. The van der Waals surface area contributed by atoms with E-state index in [4.69, 9.17) is 20.9 Å². The Bertz CT molecular complexity index is 808. The van der Waals surface area contributed by atoms with Gasteiger partial charge in [0.2, 0.25) is 11.7 Å². The molecule has 0 atom stereocenters. The van der Waals surface area contributed by atoms with Crippen molar-refractivity contribution in [2.45, 2.75) is 10.6 Å². The molecule has 1 heterocycles. The lowest BCUT2D eigenvalue weighted by molar-refractivity contribution is 0.391. The molecule has 0 aliphatic rings. The predicted octanol–water partition coefficient (Wildman–Crippen LogP) is 4.83. The maximum absolute atomic E-state index is 13.1. The molecule has 0 amide bonds. The van der Waals surface area contributed by atoms with E-state index in [2.05, 4.69) is 10.1 Å². The Morgan fingerprint density at radius 3 is 2.70 bits per heavy atom. The zero-order chi connectivity index (χ0) is 16.2. The maximum Gasteiger partial charge on any atom is 0.237 e. The van der Waals surface area contributed by atoms with Gasteiger partial charge in [-0.15, -0.1) is 11.8 Å². The number of nitrogens with zero attached hydrogens (tertiary/aromatic N) is 2. The summed E-state index contributed by atoms with van der Waals surface area (Å²) in [5.74, 6) is 1.81. The summed E-state index contributed by atoms with van der Waals surface area (Å²) in [4.78, 5) is 5.18. The van der Waals surface area contributed by atoms with E-state index in [1.54, 1.807) is 19.2 Å². The van der Waals surface area contributed by atoms with Crippen LogP contribution in [-0.2, 0) is 5.75 Å². The SMILES string of the molecule is COc1ccc(-c2noc(CSc3ccc(F)c(Cl)c3)n2)cc1. The monoisotopic (exact) mass is 350 g/mol. The molecule has 0 bridgehead atoms. The zero-order valence-electron chi connectivity index (χ0n) is 12.1. The lowest BCUT2D eigenvalue weighted by Crippen LogP contribution is -1.85. The van der Waals surface area contributed by atoms with E-state index in [-0.39, 0.29) is 5.02 Å². The molecule has 0 N–H and O–H groups in total. The lowest BCUT2D eigenvalue weighted by atomic mass is 10.2. The third-order valence-electron chi connectivity index (χ3n) is 3.07. The van der Waals surface area contributed by atoms with E-state index in [1.807, 2.05) is 24.3 Å². The predicted molar refractivity (Wildman–Crippen MR) is 87.3 cm³/mol. The van der Waals surface area contributed by atoms with Crippen LogP contribution in [0.25, 0.3) is 11.4 Å². The average molecular weight is 351 g/mol. The normalized spacial score (nSPS) is 10.7. The van der Waals surface area contributed by atoms with Crippen LogP contribution in [0.3, 0.4) is 0 Å². The number of rotatable bonds is 5. The van der Waals surface area contributed by atoms with Crippen molar-refractivity contribution in [3.05, 3.63) is 59.2 Å². The minimum atomic E-state index is -0.435. The van der Waals surface area contributed by atoms with E-state index in [9.17, 15) is 4.39 Å². The lowest BCUT2D eigenvalue weighted by Gasteiger charge is -2.00. The van der Waals surface area contributed by atoms with Gasteiger partial charge in [-0.05, 0) is 42.5 Å². The first-order chi connectivity index (χ1) is 11.2. The largest absolute Gasteiger partial charge is 0.497 e. The van der Waals surface area contributed by atoms with Crippen LogP contribution in [0, 0.1) is 5.82 Å². The summed E-state index contributed by atoms with van der Waals surface area (Å²) in [7, 11) is 1.61. The van der Waals surface area contributed by atoms with Crippen molar-refractivity contribution in [3.63, 3.8) is 0 Å². The molecule has 0 unspecified atom stereocenters. The Balaban J connectivity index is 1.67. The quantitative estimate of drug-likeness (QED) is 0.617. The highest BCUT2D eigenvalue weighted by Crippen LogP contribution is 2.27. The minimum absolute atomic E-state index is 0.0967. The smallest absolute Gasteiger partial charge is 0.237 e. The van der Waals surface area contributed by atoms with Crippen molar-refractivity contribution in [2.24, 2.45) is 0 Å². The standard InChI is InChI=1S/C16H12ClFN2O2S/c1-21-11-4-2-10(3-5-11)16-19-15(22-20-16)9-23-12-6-7-14(18)13(17)8-12/h2-8H,9H2,1H3. The van der Waals surface area contributed by atoms with Crippen molar-refractivity contribution in [2.75, 3.05) is 7.11 Å². The molecule has 3 aromatic rings. The molecule has 0 radical (unpaired) electrons. The first-order valence-electron chi connectivity index (χ1n) is 6.70. The van der Waals surface area contributed by atoms with Crippen molar-refractivity contribution in [1.82, 2.24) is 10.1 Å². The van der Waals surface area contributed by atoms with Gasteiger partial charge in [0.1, 0.15) is 11.6 Å². The van der Waals surface area contributed by atoms with Gasteiger partial charge in [-0.2, -0.15) is 4.98 Å². The Morgan fingerprint density at radius 2 is 2.00 bits per heavy atom. The fraction of sp³-hybridized carbons (Fsp3) is 0.125. The van der Waals surface area contributed by atoms with Crippen molar-refractivity contribution in [3.8, 4) is 17.1 Å². The van der Waals surface area contributed by atoms with Gasteiger partial charge in [-0.25, -0.2) is 4.39 Å². The molecule has 4 nitrogen and oxygen atoms in total. The molecule has 0 spiro atoms. The van der Waals surface area contributed by atoms with E-state index in [0.29, 0.717) is 17.5 Å². The molecule has 0 aliphatic heterocycles. The second-order valence-corrected chi connectivity index (χ2v) is 6.06. The Morgan fingerprint density at radius 1 is 1.22 bits per heavy atom. The Hall–Kier alpha value is -2.05. The van der Waals surface area contributed by atoms with Crippen LogP contribution in [-0.4, -0.2) is 17.3 Å². The fourth-order valence-electron chi connectivity index (χ4n) is 1.88. The van der Waals surface area contributed by atoms with E-state index >= 15 is 0 Å². The highest BCUT2D eigenvalue weighted by Gasteiger charge is 2.10. The van der Waals surface area contributed by atoms with Gasteiger partial charge >= 0.3 is 0 Å². The molecule has 118 valence electrons.